The molecule has 0 saturated heterocycles. The van der Waals surface area contributed by atoms with Gasteiger partial charge < -0.3 is 15.1 Å². The second-order valence-electron chi connectivity index (χ2n) is 8.86. The number of benzene rings is 3. The lowest BCUT2D eigenvalue weighted by Crippen LogP contribution is -2.32. The van der Waals surface area contributed by atoms with Crippen LogP contribution in [-0.2, 0) is 6.54 Å². The lowest BCUT2D eigenvalue weighted by atomic mass is 10.1. The van der Waals surface area contributed by atoms with E-state index in [2.05, 4.69) is 46.5 Å². The van der Waals surface area contributed by atoms with E-state index in [0.29, 0.717) is 28.4 Å². The molecule has 0 heterocycles. The first kappa shape index (κ1) is 29.0. The van der Waals surface area contributed by atoms with E-state index in [1.54, 1.807) is 30.3 Å². The molecule has 0 radical (unpaired) electrons. The summed E-state index contributed by atoms with van der Waals surface area (Å²) in [4.78, 5) is 30.5. The Labute approximate surface area is 228 Å². The van der Waals surface area contributed by atoms with Crippen molar-refractivity contribution < 1.29 is 14.0 Å². The van der Waals surface area contributed by atoms with Crippen LogP contribution in [0, 0.1) is 5.82 Å². The Hall–Kier alpha value is -3.59. The molecule has 9 heteroatoms. The molecule has 0 saturated carbocycles. The highest BCUT2D eigenvalue weighted by atomic mass is 35.5. The normalized spacial score (nSPS) is 11.3. The van der Waals surface area contributed by atoms with Gasteiger partial charge in [-0.3, -0.25) is 9.59 Å². The minimum Gasteiger partial charge on any atom is -0.321 e. The van der Waals surface area contributed by atoms with Crippen molar-refractivity contribution in [3.8, 4) is 0 Å². The Morgan fingerprint density at radius 2 is 1.74 bits per heavy atom. The van der Waals surface area contributed by atoms with Crippen molar-refractivity contribution in [2.75, 3.05) is 38.5 Å². The number of hydrogen-bond donors (Lipinski definition) is 2. The van der Waals surface area contributed by atoms with Crippen molar-refractivity contribution in [1.82, 2.24) is 15.2 Å². The molecule has 0 aliphatic rings. The Morgan fingerprint density at radius 3 is 2.47 bits per heavy atom. The number of rotatable bonds is 12. The van der Waals surface area contributed by atoms with Crippen molar-refractivity contribution in [3.05, 3.63) is 99.8 Å². The highest BCUT2D eigenvalue weighted by molar-refractivity contribution is 6.31. The van der Waals surface area contributed by atoms with Crippen LogP contribution in [0.5, 0.6) is 0 Å². The van der Waals surface area contributed by atoms with Crippen molar-refractivity contribution in [2.45, 2.75) is 20.4 Å². The molecule has 200 valence electrons. The highest BCUT2D eigenvalue weighted by Crippen LogP contribution is 2.22. The molecule has 3 rings (SSSR count). The van der Waals surface area contributed by atoms with E-state index < -0.39 is 11.7 Å². The minimum atomic E-state index is -0.570. The van der Waals surface area contributed by atoms with Crippen molar-refractivity contribution in [1.29, 1.82) is 0 Å². The highest BCUT2D eigenvalue weighted by Gasteiger charge is 2.16. The lowest BCUT2D eigenvalue weighted by molar-refractivity contribution is 0.0956. The minimum absolute atomic E-state index is 0.148. The van der Waals surface area contributed by atoms with Crippen LogP contribution in [0.25, 0.3) is 0 Å². The van der Waals surface area contributed by atoms with Crippen LogP contribution >= 0.6 is 11.6 Å². The topological polar surface area (TPSA) is 77.0 Å². The van der Waals surface area contributed by atoms with Crippen molar-refractivity contribution in [3.63, 3.8) is 0 Å². The average molecular weight is 538 g/mol. The van der Waals surface area contributed by atoms with Gasteiger partial charge in [0.05, 0.1) is 17.5 Å². The quantitative estimate of drug-likeness (QED) is 0.244. The standard InChI is InChI=1S/C29H33ClFN5O2/c1-4-36(5-2)15-14-35(3)20-22-9-6-10-23(16-22)28(37)33-27-13-12-24(30)18-26(27)29(38)34-32-19-21-8-7-11-25(31)17-21/h6-13,16-19H,4-5,14-15,20H2,1-3H3,(H,33,37)(H,34,38)/b32-19+. The second-order valence-corrected chi connectivity index (χ2v) is 9.30. The summed E-state index contributed by atoms with van der Waals surface area (Å²) in [6.45, 7) is 8.96. The zero-order chi connectivity index (χ0) is 27.5. The van der Waals surface area contributed by atoms with Gasteiger partial charge in [0, 0.05) is 30.2 Å². The SMILES string of the molecule is CCN(CC)CCN(C)Cc1cccc(C(=O)Nc2ccc(Cl)cc2C(=O)N/N=C/c2cccc(F)c2)c1. The predicted molar refractivity (Wildman–Crippen MR) is 151 cm³/mol. The number of carbonyl (C=O) groups is 2. The predicted octanol–water partition coefficient (Wildman–Crippen LogP) is 5.27. The van der Waals surface area contributed by atoms with Gasteiger partial charge in [-0.25, -0.2) is 9.82 Å². The van der Waals surface area contributed by atoms with Crippen LogP contribution in [-0.4, -0.2) is 61.1 Å². The molecule has 3 aromatic carbocycles. The van der Waals surface area contributed by atoms with Crippen LogP contribution < -0.4 is 10.7 Å². The van der Waals surface area contributed by atoms with Crippen LogP contribution in [0.3, 0.4) is 0 Å². The van der Waals surface area contributed by atoms with E-state index in [0.717, 1.165) is 31.7 Å². The fourth-order valence-electron chi connectivity index (χ4n) is 3.87. The molecule has 2 N–H and O–H groups in total. The van der Waals surface area contributed by atoms with Crippen LogP contribution in [0.2, 0.25) is 5.02 Å². The number of carbonyl (C=O) groups excluding carboxylic acids is 2. The van der Waals surface area contributed by atoms with E-state index in [9.17, 15) is 14.0 Å². The molecule has 0 unspecified atom stereocenters. The third-order valence-electron chi connectivity index (χ3n) is 6.04. The maximum absolute atomic E-state index is 13.3. The molecule has 0 atom stereocenters. The average Bonchev–Trinajstić information content (AvgIpc) is 2.90. The fourth-order valence-corrected chi connectivity index (χ4v) is 4.05. The van der Waals surface area contributed by atoms with Crippen LogP contribution in [0.4, 0.5) is 10.1 Å². The first-order valence-electron chi connectivity index (χ1n) is 12.5. The van der Waals surface area contributed by atoms with Gasteiger partial charge in [-0.2, -0.15) is 5.10 Å². The summed E-state index contributed by atoms with van der Waals surface area (Å²) >= 11 is 6.11. The van der Waals surface area contributed by atoms with Gasteiger partial charge in [-0.1, -0.05) is 49.7 Å². The van der Waals surface area contributed by atoms with E-state index in [4.69, 9.17) is 11.6 Å². The maximum Gasteiger partial charge on any atom is 0.273 e. The summed E-state index contributed by atoms with van der Waals surface area (Å²) in [5, 5.41) is 7.03. The molecule has 2 amide bonds. The number of nitrogens with one attached hydrogen (secondary N) is 2. The summed E-state index contributed by atoms with van der Waals surface area (Å²) in [5.74, 6) is -1.33. The van der Waals surface area contributed by atoms with Gasteiger partial charge >= 0.3 is 0 Å². The second kappa shape index (κ2) is 14.4. The van der Waals surface area contributed by atoms with Crippen LogP contribution in [0.15, 0.2) is 71.8 Å². The number of likely N-dealkylation sites (N-methyl/N-ethyl adjacent to an activating group) is 2. The molecular weight excluding hydrogens is 505 g/mol. The fraction of sp³-hybridized carbons (Fsp3) is 0.276. The zero-order valence-corrected chi connectivity index (χ0v) is 22.6. The van der Waals surface area contributed by atoms with Gasteiger partial charge in [-0.15, -0.1) is 0 Å². The molecule has 7 nitrogen and oxygen atoms in total. The molecule has 0 aliphatic heterocycles. The summed E-state index contributed by atoms with van der Waals surface area (Å²) in [7, 11) is 2.06. The third-order valence-corrected chi connectivity index (χ3v) is 6.27. The van der Waals surface area contributed by atoms with Gasteiger partial charge in [0.25, 0.3) is 11.8 Å². The molecular formula is C29H33ClFN5O2. The van der Waals surface area contributed by atoms with Gasteiger partial charge in [0.2, 0.25) is 0 Å². The summed E-state index contributed by atoms with van der Waals surface area (Å²) in [5.41, 5.74) is 4.82. The number of anilines is 1. The maximum atomic E-state index is 13.3. The Kier molecular flexibility index (Phi) is 11.0. The van der Waals surface area contributed by atoms with Gasteiger partial charge in [0.1, 0.15) is 5.82 Å². The molecule has 0 spiro atoms. The van der Waals surface area contributed by atoms with Gasteiger partial charge in [-0.05, 0) is 73.7 Å². The van der Waals surface area contributed by atoms with E-state index in [-0.39, 0.29) is 11.5 Å². The van der Waals surface area contributed by atoms with Crippen LogP contribution in [0.1, 0.15) is 45.7 Å². The molecule has 0 aromatic heterocycles. The number of halogens is 2. The van der Waals surface area contributed by atoms with E-state index >= 15 is 0 Å². The smallest absolute Gasteiger partial charge is 0.273 e. The third kappa shape index (κ3) is 8.76. The summed E-state index contributed by atoms with van der Waals surface area (Å²) in [6, 6.07) is 17.8. The summed E-state index contributed by atoms with van der Waals surface area (Å²) < 4.78 is 13.3. The Balaban J connectivity index is 1.67. The van der Waals surface area contributed by atoms with Crippen molar-refractivity contribution >= 4 is 35.3 Å². The Bertz CT molecular complexity index is 1280. The molecule has 0 fully saturated rings. The largest absolute Gasteiger partial charge is 0.321 e. The first-order chi connectivity index (χ1) is 18.3. The molecule has 0 aliphatic carbocycles. The van der Waals surface area contributed by atoms with E-state index in [1.807, 2.05) is 18.2 Å². The number of hydrazone groups is 1. The zero-order valence-electron chi connectivity index (χ0n) is 21.9. The summed E-state index contributed by atoms with van der Waals surface area (Å²) in [6.07, 6.45) is 1.33. The Morgan fingerprint density at radius 1 is 0.974 bits per heavy atom. The molecule has 0 bridgehead atoms. The number of nitrogens with zero attached hydrogens (tertiary/aromatic N) is 3. The van der Waals surface area contributed by atoms with E-state index in [1.165, 1.54) is 24.4 Å². The number of hydrogen-bond acceptors (Lipinski definition) is 5. The molecule has 3 aromatic rings. The lowest BCUT2D eigenvalue weighted by Gasteiger charge is -2.23. The first-order valence-corrected chi connectivity index (χ1v) is 12.9. The van der Waals surface area contributed by atoms with Crippen molar-refractivity contribution in [2.24, 2.45) is 5.10 Å². The monoisotopic (exact) mass is 537 g/mol. The number of amides is 2. The van der Waals surface area contributed by atoms with Gasteiger partial charge in [0.15, 0.2) is 0 Å². The molecule has 38 heavy (non-hydrogen) atoms.